The van der Waals surface area contributed by atoms with Crippen molar-refractivity contribution in [3.63, 3.8) is 0 Å². The number of nitrogen functional groups attached to an aromatic ring is 1. The van der Waals surface area contributed by atoms with E-state index in [4.69, 9.17) is 28.9 Å². The minimum absolute atomic E-state index is 0.543. The summed E-state index contributed by atoms with van der Waals surface area (Å²) in [6.07, 6.45) is 0. The summed E-state index contributed by atoms with van der Waals surface area (Å²) in [7, 11) is 1.92. The number of rotatable bonds is 2. The molecule has 2 N–H and O–H groups in total. The van der Waals surface area contributed by atoms with E-state index >= 15 is 0 Å². The molecule has 0 bridgehead atoms. The van der Waals surface area contributed by atoms with E-state index in [1.54, 1.807) is 12.1 Å². The molecule has 88 valence electrons. The molecule has 0 spiro atoms. The first-order chi connectivity index (χ1) is 8.09. The molecule has 0 radical (unpaired) electrons. The highest BCUT2D eigenvalue weighted by atomic mass is 35.5. The van der Waals surface area contributed by atoms with E-state index in [1.165, 1.54) is 0 Å². The third kappa shape index (κ3) is 2.48. The topological polar surface area (TPSA) is 29.3 Å². The van der Waals surface area contributed by atoms with Crippen LogP contribution in [0.15, 0.2) is 42.5 Å². The second-order valence-corrected chi connectivity index (χ2v) is 4.54. The first kappa shape index (κ1) is 12.1. The summed E-state index contributed by atoms with van der Waals surface area (Å²) in [5.41, 5.74) is 8.01. The van der Waals surface area contributed by atoms with Gasteiger partial charge in [-0.1, -0.05) is 41.4 Å². The van der Waals surface area contributed by atoms with Crippen LogP contribution in [-0.2, 0) is 0 Å². The van der Waals surface area contributed by atoms with E-state index in [1.807, 2.05) is 42.3 Å². The zero-order valence-electron chi connectivity index (χ0n) is 9.32. The summed E-state index contributed by atoms with van der Waals surface area (Å²) in [5, 5.41) is 1.09. The van der Waals surface area contributed by atoms with Crippen molar-refractivity contribution in [3.8, 4) is 0 Å². The second-order valence-electron chi connectivity index (χ2n) is 3.73. The fourth-order valence-corrected chi connectivity index (χ4v) is 2.44. The maximum Gasteiger partial charge on any atom is 0.0788 e. The predicted molar refractivity (Wildman–Crippen MR) is 75.4 cm³/mol. The van der Waals surface area contributed by atoms with E-state index in [2.05, 4.69) is 0 Å². The van der Waals surface area contributed by atoms with Gasteiger partial charge in [-0.3, -0.25) is 0 Å². The van der Waals surface area contributed by atoms with Crippen LogP contribution in [0.25, 0.3) is 0 Å². The van der Waals surface area contributed by atoms with Crippen molar-refractivity contribution in [2.45, 2.75) is 0 Å². The van der Waals surface area contributed by atoms with Crippen molar-refractivity contribution in [3.05, 3.63) is 52.5 Å². The Morgan fingerprint density at radius 1 is 1.00 bits per heavy atom. The Hall–Kier alpha value is -1.38. The molecule has 0 aliphatic rings. The third-order valence-corrected chi connectivity index (χ3v) is 3.09. The molecule has 2 rings (SSSR count). The Balaban J connectivity index is 2.48. The van der Waals surface area contributed by atoms with Crippen molar-refractivity contribution >= 4 is 40.3 Å². The highest BCUT2D eigenvalue weighted by Gasteiger charge is 2.13. The van der Waals surface area contributed by atoms with Gasteiger partial charge in [-0.25, -0.2) is 0 Å². The van der Waals surface area contributed by atoms with Crippen LogP contribution in [-0.4, -0.2) is 7.05 Å². The Morgan fingerprint density at radius 2 is 1.53 bits per heavy atom. The first-order valence-electron chi connectivity index (χ1n) is 5.13. The zero-order valence-corrected chi connectivity index (χ0v) is 10.8. The number of halogens is 2. The SMILES string of the molecule is CN(c1ccccc1)c1c(Cl)cc(N)cc1Cl. The van der Waals surface area contributed by atoms with Crippen molar-refractivity contribution in [1.82, 2.24) is 0 Å². The maximum atomic E-state index is 6.17. The number of para-hydroxylation sites is 1. The Kier molecular flexibility index (Phi) is 3.46. The summed E-state index contributed by atoms with van der Waals surface area (Å²) < 4.78 is 0. The maximum absolute atomic E-state index is 6.17. The molecule has 0 unspecified atom stereocenters. The molecule has 0 saturated heterocycles. The zero-order chi connectivity index (χ0) is 12.4. The van der Waals surface area contributed by atoms with Crippen LogP contribution < -0.4 is 10.6 Å². The molecule has 17 heavy (non-hydrogen) atoms. The fraction of sp³-hybridized carbons (Fsp3) is 0.0769. The van der Waals surface area contributed by atoms with Gasteiger partial charge in [-0.15, -0.1) is 0 Å². The van der Waals surface area contributed by atoms with E-state index in [0.717, 1.165) is 11.4 Å². The lowest BCUT2D eigenvalue weighted by atomic mass is 10.2. The van der Waals surface area contributed by atoms with Crippen LogP contribution in [0.4, 0.5) is 17.1 Å². The minimum atomic E-state index is 0.543. The monoisotopic (exact) mass is 266 g/mol. The highest BCUT2D eigenvalue weighted by Crippen LogP contribution is 2.38. The van der Waals surface area contributed by atoms with E-state index < -0.39 is 0 Å². The average Bonchev–Trinajstić information content (AvgIpc) is 2.28. The van der Waals surface area contributed by atoms with Gasteiger partial charge in [0.15, 0.2) is 0 Å². The molecule has 0 aliphatic carbocycles. The van der Waals surface area contributed by atoms with Gasteiger partial charge < -0.3 is 10.6 Å². The summed E-state index contributed by atoms with van der Waals surface area (Å²) >= 11 is 12.3. The Bertz CT molecular complexity index is 503. The van der Waals surface area contributed by atoms with Gasteiger partial charge in [0.05, 0.1) is 15.7 Å². The van der Waals surface area contributed by atoms with Crippen molar-refractivity contribution in [1.29, 1.82) is 0 Å². The van der Waals surface area contributed by atoms with Crippen LogP contribution in [0.5, 0.6) is 0 Å². The lowest BCUT2D eigenvalue weighted by Gasteiger charge is -2.22. The number of hydrogen-bond acceptors (Lipinski definition) is 2. The van der Waals surface area contributed by atoms with E-state index in [-0.39, 0.29) is 0 Å². The van der Waals surface area contributed by atoms with Gasteiger partial charge in [0, 0.05) is 18.4 Å². The quantitative estimate of drug-likeness (QED) is 0.820. The van der Waals surface area contributed by atoms with Crippen molar-refractivity contribution in [2.75, 3.05) is 17.7 Å². The van der Waals surface area contributed by atoms with Gasteiger partial charge in [-0.2, -0.15) is 0 Å². The van der Waals surface area contributed by atoms with E-state index in [9.17, 15) is 0 Å². The van der Waals surface area contributed by atoms with Gasteiger partial charge in [0.1, 0.15) is 0 Å². The van der Waals surface area contributed by atoms with Gasteiger partial charge >= 0.3 is 0 Å². The molecule has 0 aromatic heterocycles. The van der Waals surface area contributed by atoms with Gasteiger partial charge in [0.2, 0.25) is 0 Å². The predicted octanol–water partition coefficient (Wildman–Crippen LogP) is 4.34. The number of nitrogens with two attached hydrogens (primary N) is 1. The molecule has 0 amide bonds. The molecular formula is C13H12Cl2N2. The highest BCUT2D eigenvalue weighted by molar-refractivity contribution is 6.39. The molecular weight excluding hydrogens is 255 g/mol. The molecule has 0 fully saturated rings. The first-order valence-corrected chi connectivity index (χ1v) is 5.88. The fourth-order valence-electron chi connectivity index (χ4n) is 1.69. The van der Waals surface area contributed by atoms with Gasteiger partial charge in [0.25, 0.3) is 0 Å². The van der Waals surface area contributed by atoms with Crippen LogP contribution in [0, 0.1) is 0 Å². The van der Waals surface area contributed by atoms with Crippen molar-refractivity contribution in [2.24, 2.45) is 0 Å². The Labute approximate surface area is 111 Å². The summed E-state index contributed by atoms with van der Waals surface area (Å²) in [6, 6.07) is 13.3. The molecule has 2 aromatic carbocycles. The Morgan fingerprint density at radius 3 is 2.06 bits per heavy atom. The smallest absolute Gasteiger partial charge is 0.0788 e. The number of benzene rings is 2. The summed E-state index contributed by atoms with van der Waals surface area (Å²) in [4.78, 5) is 1.93. The van der Waals surface area contributed by atoms with Crippen molar-refractivity contribution < 1.29 is 0 Å². The number of nitrogens with zero attached hydrogens (tertiary/aromatic N) is 1. The van der Waals surface area contributed by atoms with Gasteiger partial charge in [-0.05, 0) is 24.3 Å². The standard InChI is InChI=1S/C13H12Cl2N2/c1-17(10-5-3-2-4-6-10)13-11(14)7-9(16)8-12(13)15/h2-8H,16H2,1H3. The second kappa shape index (κ2) is 4.86. The largest absolute Gasteiger partial charge is 0.399 e. The lowest BCUT2D eigenvalue weighted by molar-refractivity contribution is 1.21. The minimum Gasteiger partial charge on any atom is -0.399 e. The van der Waals surface area contributed by atoms with Crippen LogP contribution in [0.1, 0.15) is 0 Å². The molecule has 0 aliphatic heterocycles. The van der Waals surface area contributed by atoms with Crippen LogP contribution >= 0.6 is 23.2 Å². The molecule has 2 nitrogen and oxygen atoms in total. The lowest BCUT2D eigenvalue weighted by Crippen LogP contribution is -2.10. The molecule has 0 atom stereocenters. The summed E-state index contributed by atoms with van der Waals surface area (Å²) in [6.45, 7) is 0. The molecule has 0 heterocycles. The normalized spacial score (nSPS) is 10.3. The van der Waals surface area contributed by atoms with Crippen LogP contribution in [0.2, 0.25) is 10.0 Å². The number of hydrogen-bond donors (Lipinski definition) is 1. The number of anilines is 3. The molecule has 4 heteroatoms. The van der Waals surface area contributed by atoms with Crippen LogP contribution in [0.3, 0.4) is 0 Å². The molecule has 0 saturated carbocycles. The third-order valence-electron chi connectivity index (χ3n) is 2.52. The average molecular weight is 267 g/mol. The summed E-state index contributed by atoms with van der Waals surface area (Å²) in [5.74, 6) is 0. The van der Waals surface area contributed by atoms with E-state index in [0.29, 0.717) is 15.7 Å². The molecule has 2 aromatic rings.